The summed E-state index contributed by atoms with van der Waals surface area (Å²) in [6, 6.07) is 0. The van der Waals surface area contributed by atoms with Crippen LogP contribution in [0.5, 0.6) is 0 Å². The first-order chi connectivity index (χ1) is 18.0. The summed E-state index contributed by atoms with van der Waals surface area (Å²) in [5.41, 5.74) is -0.448. The number of carbonyl (C=O) groups is 1. The van der Waals surface area contributed by atoms with Crippen molar-refractivity contribution in [2.75, 3.05) is 106 Å². The summed E-state index contributed by atoms with van der Waals surface area (Å²) < 4.78 is 36.7. The second kappa shape index (κ2) is 31.3. The molecule has 0 fully saturated rings. The summed E-state index contributed by atoms with van der Waals surface area (Å²) in [6.45, 7) is 12.8. The van der Waals surface area contributed by atoms with Crippen LogP contribution in [0.25, 0.3) is 0 Å². The molecule has 0 heterocycles. The molecule has 0 rings (SSSR count). The van der Waals surface area contributed by atoms with Crippen LogP contribution in [0, 0.1) is 5.41 Å². The number of aliphatic hydroxyl groups excluding tert-OH is 2. The fourth-order valence-corrected chi connectivity index (χ4v) is 3.08. The Morgan fingerprint density at radius 1 is 0.541 bits per heavy atom. The van der Waals surface area contributed by atoms with Gasteiger partial charge in [0, 0.05) is 0 Å². The van der Waals surface area contributed by atoms with Crippen molar-refractivity contribution in [1.29, 1.82) is 0 Å². The molecule has 0 aliphatic carbocycles. The fourth-order valence-electron chi connectivity index (χ4n) is 3.08. The molecule has 0 saturated carbocycles. The largest absolute Gasteiger partial charge is 0.481 e. The van der Waals surface area contributed by atoms with Crippen molar-refractivity contribution in [2.45, 2.75) is 52.9 Å². The van der Waals surface area contributed by atoms with Gasteiger partial charge in [-0.2, -0.15) is 0 Å². The van der Waals surface area contributed by atoms with Crippen LogP contribution in [0.1, 0.15) is 52.9 Å². The molecule has 0 atom stereocenters. The molecule has 0 aliphatic heterocycles. The van der Waals surface area contributed by atoms with E-state index in [1.807, 2.05) is 13.8 Å². The smallest absolute Gasteiger partial charge is 0.309 e. The van der Waals surface area contributed by atoms with Crippen molar-refractivity contribution in [1.82, 2.24) is 0 Å². The molecule has 0 bridgehead atoms. The number of hydrogen-bond acceptors (Lipinski definition) is 10. The van der Waals surface area contributed by atoms with E-state index < -0.39 is 11.4 Å². The topological polar surface area (TPSA) is 142 Å². The lowest BCUT2D eigenvalue weighted by Gasteiger charge is -2.26. The van der Waals surface area contributed by atoms with E-state index in [1.54, 1.807) is 0 Å². The maximum absolute atomic E-state index is 11.0. The molecule has 0 spiro atoms. The number of aliphatic carboxylic acids is 1. The van der Waals surface area contributed by atoms with Gasteiger partial charge in [-0.3, -0.25) is 4.79 Å². The Morgan fingerprint density at radius 3 is 1.00 bits per heavy atom. The predicted molar refractivity (Wildman–Crippen MR) is 140 cm³/mol. The molecule has 0 aromatic heterocycles. The van der Waals surface area contributed by atoms with Crippen molar-refractivity contribution in [3.05, 3.63) is 0 Å². The van der Waals surface area contributed by atoms with Crippen LogP contribution < -0.4 is 0 Å². The number of hydrogen-bond donors (Lipinski definition) is 3. The van der Waals surface area contributed by atoms with Gasteiger partial charge in [0.15, 0.2) is 0 Å². The van der Waals surface area contributed by atoms with Crippen LogP contribution in [0.3, 0.4) is 0 Å². The Morgan fingerprint density at radius 2 is 0.811 bits per heavy atom. The predicted octanol–water partition coefficient (Wildman–Crippen LogP) is 2.15. The molecule has 0 unspecified atom stereocenters. The second-order valence-electron chi connectivity index (χ2n) is 8.13. The standard InChI is InChI=1S/C16H34O9.C10H20O2/c17-1-3-19-5-7-21-9-11-23-13-15-25-16-14-24-12-10-22-8-6-20-4-2-18;1-4-7-8-10(5-2,6-3)9(11)12/h17-18H,1-16H2;4-8H2,1-3H3,(H,11,12). The average Bonchev–Trinajstić information content (AvgIpc) is 2.90. The highest BCUT2D eigenvalue weighted by atomic mass is 16.6. The van der Waals surface area contributed by atoms with Crippen LogP contribution in [-0.2, 0) is 38.0 Å². The first kappa shape index (κ1) is 38.3. The van der Waals surface area contributed by atoms with Crippen molar-refractivity contribution < 1.29 is 53.3 Å². The Labute approximate surface area is 223 Å². The molecule has 37 heavy (non-hydrogen) atoms. The van der Waals surface area contributed by atoms with Gasteiger partial charge in [0.25, 0.3) is 0 Å². The minimum atomic E-state index is -0.624. The summed E-state index contributed by atoms with van der Waals surface area (Å²) in [5.74, 6) is -0.624. The van der Waals surface area contributed by atoms with E-state index in [2.05, 4.69) is 6.92 Å². The van der Waals surface area contributed by atoms with Crippen LogP contribution in [0.15, 0.2) is 0 Å². The van der Waals surface area contributed by atoms with Gasteiger partial charge in [0.1, 0.15) is 0 Å². The molecular formula is C26H54O11. The lowest BCUT2D eigenvalue weighted by molar-refractivity contribution is -0.150. The van der Waals surface area contributed by atoms with Gasteiger partial charge in [-0.05, 0) is 19.3 Å². The SMILES string of the molecule is CCCCC(CC)(CC)C(=O)O.OCCOCCOCCOCCOCCOCCOCCOCCO. The van der Waals surface area contributed by atoms with Gasteiger partial charge >= 0.3 is 5.97 Å². The van der Waals surface area contributed by atoms with Crippen molar-refractivity contribution in [2.24, 2.45) is 5.41 Å². The molecule has 11 heteroatoms. The highest BCUT2D eigenvalue weighted by Crippen LogP contribution is 2.32. The van der Waals surface area contributed by atoms with E-state index in [4.69, 9.17) is 48.5 Å². The van der Waals surface area contributed by atoms with Crippen LogP contribution >= 0.6 is 0 Å². The van der Waals surface area contributed by atoms with E-state index in [0.717, 1.165) is 32.1 Å². The number of carboxylic acids is 1. The van der Waals surface area contributed by atoms with Crippen molar-refractivity contribution >= 4 is 5.97 Å². The van der Waals surface area contributed by atoms with Gasteiger partial charge < -0.3 is 48.5 Å². The quantitative estimate of drug-likeness (QED) is 0.125. The summed E-state index contributed by atoms with van der Waals surface area (Å²) in [7, 11) is 0. The summed E-state index contributed by atoms with van der Waals surface area (Å²) >= 11 is 0. The number of aliphatic hydroxyl groups is 2. The van der Waals surface area contributed by atoms with Crippen molar-refractivity contribution in [3.63, 3.8) is 0 Å². The molecule has 0 amide bonds. The molecule has 0 aromatic rings. The van der Waals surface area contributed by atoms with Crippen LogP contribution in [-0.4, -0.2) is 127 Å². The maximum atomic E-state index is 11.0. The zero-order chi connectivity index (χ0) is 27.9. The van der Waals surface area contributed by atoms with Crippen LogP contribution in [0.2, 0.25) is 0 Å². The molecule has 11 nitrogen and oxygen atoms in total. The van der Waals surface area contributed by atoms with Gasteiger partial charge in [0.05, 0.1) is 111 Å². The van der Waals surface area contributed by atoms with Crippen molar-refractivity contribution in [3.8, 4) is 0 Å². The third kappa shape index (κ3) is 26.5. The minimum Gasteiger partial charge on any atom is -0.481 e. The Kier molecular flexibility index (Phi) is 32.4. The summed E-state index contributed by atoms with van der Waals surface area (Å²) in [4.78, 5) is 11.0. The highest BCUT2D eigenvalue weighted by molar-refractivity contribution is 5.74. The second-order valence-corrected chi connectivity index (χ2v) is 8.13. The molecule has 0 aromatic carbocycles. The number of rotatable bonds is 28. The summed E-state index contributed by atoms with van der Waals surface area (Å²) in [5, 5.41) is 26.1. The number of unbranched alkanes of at least 4 members (excludes halogenated alkanes) is 1. The van der Waals surface area contributed by atoms with E-state index in [-0.39, 0.29) is 13.2 Å². The molecule has 0 aliphatic rings. The minimum absolute atomic E-state index is 0.0312. The normalized spacial score (nSPS) is 11.4. The lowest BCUT2D eigenvalue weighted by Crippen LogP contribution is -2.29. The third-order valence-corrected chi connectivity index (χ3v) is 5.52. The zero-order valence-corrected chi connectivity index (χ0v) is 23.5. The molecule has 3 N–H and O–H groups in total. The van der Waals surface area contributed by atoms with E-state index in [0.29, 0.717) is 92.5 Å². The Balaban J connectivity index is 0. The number of ether oxygens (including phenoxy) is 7. The Hall–Kier alpha value is -0.890. The van der Waals surface area contributed by atoms with E-state index in [9.17, 15) is 4.79 Å². The Bertz CT molecular complexity index is 426. The van der Waals surface area contributed by atoms with Gasteiger partial charge in [-0.15, -0.1) is 0 Å². The van der Waals surface area contributed by atoms with E-state index in [1.165, 1.54) is 0 Å². The first-order valence-electron chi connectivity index (χ1n) is 13.5. The maximum Gasteiger partial charge on any atom is 0.309 e. The number of carboxylic acid groups (broad SMARTS) is 1. The average molecular weight is 543 g/mol. The fraction of sp³-hybridized carbons (Fsp3) is 0.962. The third-order valence-electron chi connectivity index (χ3n) is 5.52. The molecule has 0 radical (unpaired) electrons. The monoisotopic (exact) mass is 542 g/mol. The molecule has 224 valence electrons. The highest BCUT2D eigenvalue weighted by Gasteiger charge is 2.33. The molecular weight excluding hydrogens is 488 g/mol. The first-order valence-corrected chi connectivity index (χ1v) is 13.5. The van der Waals surface area contributed by atoms with Gasteiger partial charge in [-0.25, -0.2) is 0 Å². The van der Waals surface area contributed by atoms with Gasteiger partial charge in [0.2, 0.25) is 0 Å². The van der Waals surface area contributed by atoms with E-state index >= 15 is 0 Å². The lowest BCUT2D eigenvalue weighted by atomic mass is 9.78. The molecule has 0 saturated heterocycles. The van der Waals surface area contributed by atoms with Gasteiger partial charge in [-0.1, -0.05) is 33.6 Å². The zero-order valence-electron chi connectivity index (χ0n) is 23.5. The summed E-state index contributed by atoms with van der Waals surface area (Å²) in [6.07, 6.45) is 4.42. The van der Waals surface area contributed by atoms with Crippen LogP contribution in [0.4, 0.5) is 0 Å².